The molecule has 0 aromatic carbocycles. The number of carbonyl (C=O) groups is 1. The van der Waals surface area contributed by atoms with Crippen molar-refractivity contribution in [1.29, 1.82) is 0 Å². The number of carbonyl (C=O) groups excluding carboxylic acids is 1. The van der Waals surface area contributed by atoms with Crippen molar-refractivity contribution in [3.8, 4) is 0 Å². The molecule has 0 amide bonds. The average molecular weight is 266 g/mol. The van der Waals surface area contributed by atoms with E-state index in [0.717, 1.165) is 19.3 Å². The third-order valence-corrected chi connectivity index (χ3v) is 3.02. The second-order valence-electron chi connectivity index (χ2n) is 4.81. The van der Waals surface area contributed by atoms with E-state index in [1.54, 1.807) is 0 Å². The molecule has 0 rings (SSSR count). The molecule has 0 aliphatic rings. The molecule has 0 spiro atoms. The Balaban J connectivity index is 3.18. The van der Waals surface area contributed by atoms with Crippen LogP contribution >= 0.6 is 0 Å². The van der Waals surface area contributed by atoms with Crippen molar-refractivity contribution in [2.45, 2.75) is 71.6 Å². The molecule has 0 radical (unpaired) electrons. The standard InChI is InChI=1S/C17H30O2/c1-3-5-7-8-9-10-11-12-13-15-17(18)19-16-14-6-4-2/h3-6H,7-16H2,1-2H3/b5-3+,6-4+. The Bertz CT molecular complexity index is 254. The molecule has 0 heterocycles. The number of rotatable bonds is 12. The van der Waals surface area contributed by atoms with E-state index in [1.165, 1.54) is 32.1 Å². The van der Waals surface area contributed by atoms with Crippen LogP contribution in [-0.2, 0) is 9.53 Å². The van der Waals surface area contributed by atoms with Gasteiger partial charge in [-0.3, -0.25) is 4.79 Å². The fourth-order valence-corrected chi connectivity index (χ4v) is 1.88. The van der Waals surface area contributed by atoms with Crippen molar-refractivity contribution in [3.63, 3.8) is 0 Å². The van der Waals surface area contributed by atoms with Crippen LogP contribution in [0.5, 0.6) is 0 Å². The summed E-state index contributed by atoms with van der Waals surface area (Å²) >= 11 is 0. The minimum atomic E-state index is -0.0439. The first-order valence-electron chi connectivity index (χ1n) is 7.69. The smallest absolute Gasteiger partial charge is 0.305 e. The maximum absolute atomic E-state index is 11.4. The first-order valence-corrected chi connectivity index (χ1v) is 7.69. The molecule has 110 valence electrons. The van der Waals surface area contributed by atoms with Gasteiger partial charge in [0.15, 0.2) is 0 Å². The summed E-state index contributed by atoms with van der Waals surface area (Å²) in [6, 6.07) is 0. The molecule has 0 saturated heterocycles. The van der Waals surface area contributed by atoms with E-state index in [1.807, 2.05) is 19.1 Å². The van der Waals surface area contributed by atoms with Crippen LogP contribution < -0.4 is 0 Å². The van der Waals surface area contributed by atoms with Crippen molar-refractivity contribution in [1.82, 2.24) is 0 Å². The van der Waals surface area contributed by atoms with Gasteiger partial charge in [0.2, 0.25) is 0 Å². The normalized spacial score (nSPS) is 11.5. The topological polar surface area (TPSA) is 26.3 Å². The first kappa shape index (κ1) is 17.9. The van der Waals surface area contributed by atoms with E-state index < -0.39 is 0 Å². The molecule has 0 aliphatic heterocycles. The van der Waals surface area contributed by atoms with Crippen LogP contribution in [0.1, 0.15) is 71.6 Å². The lowest BCUT2D eigenvalue weighted by atomic mass is 10.1. The highest BCUT2D eigenvalue weighted by Gasteiger charge is 2.01. The summed E-state index contributed by atoms with van der Waals surface area (Å²) in [4.78, 5) is 11.4. The van der Waals surface area contributed by atoms with Crippen LogP contribution in [0.25, 0.3) is 0 Å². The largest absolute Gasteiger partial charge is 0.465 e. The SMILES string of the molecule is C/C=C/CCCCCCCCC(=O)OCC/C=C/C. The predicted molar refractivity (Wildman–Crippen MR) is 82.1 cm³/mol. The van der Waals surface area contributed by atoms with Crippen LogP contribution in [0.3, 0.4) is 0 Å². The molecule has 0 aromatic rings. The quantitative estimate of drug-likeness (QED) is 0.276. The number of unbranched alkanes of at least 4 members (excludes halogenated alkanes) is 6. The van der Waals surface area contributed by atoms with E-state index in [2.05, 4.69) is 19.1 Å². The molecule has 0 atom stereocenters. The summed E-state index contributed by atoms with van der Waals surface area (Å²) in [6.07, 6.45) is 18.2. The van der Waals surface area contributed by atoms with Crippen molar-refractivity contribution >= 4 is 5.97 Å². The molecule has 0 saturated carbocycles. The number of hydrogen-bond donors (Lipinski definition) is 0. The Hall–Kier alpha value is -1.05. The fraction of sp³-hybridized carbons (Fsp3) is 0.706. The molecule has 0 aromatic heterocycles. The second-order valence-corrected chi connectivity index (χ2v) is 4.81. The lowest BCUT2D eigenvalue weighted by Gasteiger charge is -2.03. The Labute approximate surface area is 118 Å². The number of esters is 1. The Morgan fingerprint density at radius 3 is 2.11 bits per heavy atom. The van der Waals surface area contributed by atoms with E-state index in [9.17, 15) is 4.79 Å². The Morgan fingerprint density at radius 1 is 0.842 bits per heavy atom. The summed E-state index contributed by atoms with van der Waals surface area (Å²) in [5.41, 5.74) is 0. The fourth-order valence-electron chi connectivity index (χ4n) is 1.88. The zero-order valence-corrected chi connectivity index (χ0v) is 12.7. The van der Waals surface area contributed by atoms with Crippen LogP contribution in [0.2, 0.25) is 0 Å². The van der Waals surface area contributed by atoms with Crippen LogP contribution in [0.4, 0.5) is 0 Å². The van der Waals surface area contributed by atoms with Crippen molar-refractivity contribution in [2.75, 3.05) is 6.61 Å². The minimum Gasteiger partial charge on any atom is -0.465 e. The van der Waals surface area contributed by atoms with Crippen LogP contribution in [-0.4, -0.2) is 12.6 Å². The maximum atomic E-state index is 11.4. The lowest BCUT2D eigenvalue weighted by molar-refractivity contribution is -0.143. The Kier molecular flexibility index (Phi) is 14.2. The minimum absolute atomic E-state index is 0.0439. The summed E-state index contributed by atoms with van der Waals surface area (Å²) in [6.45, 7) is 4.56. The summed E-state index contributed by atoms with van der Waals surface area (Å²) in [7, 11) is 0. The van der Waals surface area contributed by atoms with Gasteiger partial charge in [-0.1, -0.05) is 50.0 Å². The predicted octanol–water partition coefficient (Wildman–Crippen LogP) is 5.19. The Morgan fingerprint density at radius 2 is 1.42 bits per heavy atom. The third kappa shape index (κ3) is 14.9. The van der Waals surface area contributed by atoms with Gasteiger partial charge in [0.05, 0.1) is 6.61 Å². The number of ether oxygens (including phenoxy) is 1. The lowest BCUT2D eigenvalue weighted by Crippen LogP contribution is -2.04. The molecule has 0 bridgehead atoms. The summed E-state index contributed by atoms with van der Waals surface area (Å²) in [5, 5.41) is 0. The second kappa shape index (κ2) is 15.0. The van der Waals surface area contributed by atoms with E-state index in [-0.39, 0.29) is 5.97 Å². The van der Waals surface area contributed by atoms with Gasteiger partial charge < -0.3 is 4.74 Å². The molecule has 0 aliphatic carbocycles. The van der Waals surface area contributed by atoms with Gasteiger partial charge in [-0.05, 0) is 39.5 Å². The molecule has 19 heavy (non-hydrogen) atoms. The van der Waals surface area contributed by atoms with Gasteiger partial charge in [-0.25, -0.2) is 0 Å². The van der Waals surface area contributed by atoms with E-state index >= 15 is 0 Å². The van der Waals surface area contributed by atoms with Gasteiger partial charge in [-0.15, -0.1) is 0 Å². The monoisotopic (exact) mass is 266 g/mol. The maximum Gasteiger partial charge on any atom is 0.305 e. The van der Waals surface area contributed by atoms with E-state index in [0.29, 0.717) is 13.0 Å². The number of hydrogen-bond acceptors (Lipinski definition) is 2. The van der Waals surface area contributed by atoms with E-state index in [4.69, 9.17) is 4.74 Å². The average Bonchev–Trinajstić information content (AvgIpc) is 2.42. The van der Waals surface area contributed by atoms with Crippen molar-refractivity contribution in [2.24, 2.45) is 0 Å². The van der Waals surface area contributed by atoms with Crippen molar-refractivity contribution in [3.05, 3.63) is 24.3 Å². The zero-order chi connectivity index (χ0) is 14.2. The molecule has 2 nitrogen and oxygen atoms in total. The van der Waals surface area contributed by atoms with Crippen molar-refractivity contribution < 1.29 is 9.53 Å². The third-order valence-electron chi connectivity index (χ3n) is 3.02. The highest BCUT2D eigenvalue weighted by molar-refractivity contribution is 5.69. The summed E-state index contributed by atoms with van der Waals surface area (Å²) < 4.78 is 5.12. The van der Waals surface area contributed by atoms with Crippen LogP contribution in [0.15, 0.2) is 24.3 Å². The molecule has 0 fully saturated rings. The highest BCUT2D eigenvalue weighted by atomic mass is 16.5. The van der Waals surface area contributed by atoms with Gasteiger partial charge in [0.25, 0.3) is 0 Å². The van der Waals surface area contributed by atoms with Crippen LogP contribution in [0, 0.1) is 0 Å². The van der Waals surface area contributed by atoms with Gasteiger partial charge in [0.1, 0.15) is 0 Å². The zero-order valence-electron chi connectivity index (χ0n) is 12.7. The van der Waals surface area contributed by atoms with Gasteiger partial charge in [0, 0.05) is 6.42 Å². The molecule has 0 N–H and O–H groups in total. The van der Waals surface area contributed by atoms with Gasteiger partial charge >= 0.3 is 5.97 Å². The molecule has 2 heteroatoms. The summed E-state index contributed by atoms with van der Waals surface area (Å²) in [5.74, 6) is -0.0439. The molecular weight excluding hydrogens is 236 g/mol. The first-order chi connectivity index (χ1) is 9.31. The van der Waals surface area contributed by atoms with Gasteiger partial charge in [-0.2, -0.15) is 0 Å². The highest BCUT2D eigenvalue weighted by Crippen LogP contribution is 2.09. The number of allylic oxidation sites excluding steroid dienone is 3. The molecular formula is C17H30O2. The molecule has 0 unspecified atom stereocenters.